The number of thioether (sulfide) groups is 1. The lowest BCUT2D eigenvalue weighted by Crippen LogP contribution is -2.13. The van der Waals surface area contributed by atoms with Gasteiger partial charge in [-0.3, -0.25) is 5.41 Å². The van der Waals surface area contributed by atoms with Crippen molar-refractivity contribution in [2.75, 3.05) is 0 Å². The van der Waals surface area contributed by atoms with Crippen molar-refractivity contribution in [2.24, 2.45) is 0 Å². The third kappa shape index (κ3) is 4.09. The van der Waals surface area contributed by atoms with Crippen molar-refractivity contribution in [3.63, 3.8) is 0 Å². The molecule has 14 heavy (non-hydrogen) atoms. The molecule has 1 aromatic carbocycles. The van der Waals surface area contributed by atoms with E-state index in [9.17, 15) is 0 Å². The highest BCUT2D eigenvalue weighted by molar-refractivity contribution is 8.13. The van der Waals surface area contributed by atoms with Crippen LogP contribution in [-0.4, -0.2) is 8.84 Å². The van der Waals surface area contributed by atoms with Gasteiger partial charge in [0.05, 0.1) is 0 Å². The fraction of sp³-hybridized carbons (Fsp3) is 0.222. The fourth-order valence-electron chi connectivity index (χ4n) is 0.812. The van der Waals surface area contributed by atoms with Gasteiger partial charge in [-0.15, -0.1) is 11.8 Å². The molecule has 0 saturated carbocycles. The van der Waals surface area contributed by atoms with Gasteiger partial charge in [0, 0.05) is 5.75 Å². The number of hydrogen-bond acceptors (Lipinski definition) is 2. The Balaban J connectivity index is 2.46. The Morgan fingerprint density at radius 3 is 2.29 bits per heavy atom. The Labute approximate surface area is 102 Å². The quantitative estimate of drug-likeness (QED) is 0.483. The summed E-state index contributed by atoms with van der Waals surface area (Å²) in [4.78, 5) is 0. The molecule has 0 amide bonds. The second-order valence-electron chi connectivity index (χ2n) is 2.60. The molecule has 0 heterocycles. The molecule has 0 spiro atoms. The van der Waals surface area contributed by atoms with Gasteiger partial charge in [0.2, 0.25) is 3.79 Å². The number of alkyl halides is 3. The van der Waals surface area contributed by atoms with Crippen molar-refractivity contribution in [2.45, 2.75) is 9.55 Å². The molecule has 76 valence electrons. The maximum atomic E-state index is 7.46. The molecule has 0 saturated heterocycles. The van der Waals surface area contributed by atoms with Gasteiger partial charge in [-0.2, -0.15) is 0 Å². The average Bonchev–Trinajstić information content (AvgIpc) is 2.14. The van der Waals surface area contributed by atoms with Gasteiger partial charge in [-0.05, 0) is 5.56 Å². The third-order valence-corrected chi connectivity index (χ3v) is 3.46. The van der Waals surface area contributed by atoms with E-state index < -0.39 is 3.79 Å². The van der Waals surface area contributed by atoms with Crippen molar-refractivity contribution in [3.05, 3.63) is 35.9 Å². The number of rotatable bonds is 2. The lowest BCUT2D eigenvalue weighted by atomic mass is 10.2. The van der Waals surface area contributed by atoms with Crippen molar-refractivity contribution < 1.29 is 0 Å². The van der Waals surface area contributed by atoms with Gasteiger partial charge < -0.3 is 0 Å². The number of benzene rings is 1. The Morgan fingerprint density at radius 2 is 1.79 bits per heavy atom. The van der Waals surface area contributed by atoms with E-state index in [1.54, 1.807) is 0 Å². The van der Waals surface area contributed by atoms with E-state index in [0.29, 0.717) is 5.75 Å². The SMILES string of the molecule is N=C(SCc1ccccc1)C(Cl)(Cl)Cl. The van der Waals surface area contributed by atoms with Crippen LogP contribution in [-0.2, 0) is 5.75 Å². The summed E-state index contributed by atoms with van der Waals surface area (Å²) in [7, 11) is 0. The van der Waals surface area contributed by atoms with Gasteiger partial charge in [0.15, 0.2) is 0 Å². The van der Waals surface area contributed by atoms with E-state index in [2.05, 4.69) is 0 Å². The maximum Gasteiger partial charge on any atom is 0.237 e. The highest BCUT2D eigenvalue weighted by Gasteiger charge is 2.26. The van der Waals surface area contributed by atoms with E-state index in [-0.39, 0.29) is 5.04 Å². The largest absolute Gasteiger partial charge is 0.294 e. The normalized spacial score (nSPS) is 11.4. The van der Waals surface area contributed by atoms with Gasteiger partial charge in [-0.25, -0.2) is 0 Å². The Morgan fingerprint density at radius 1 is 1.21 bits per heavy atom. The number of nitrogens with one attached hydrogen (secondary N) is 1. The van der Waals surface area contributed by atoms with Crippen LogP contribution in [0.1, 0.15) is 5.56 Å². The van der Waals surface area contributed by atoms with Crippen LogP contribution in [0.3, 0.4) is 0 Å². The van der Waals surface area contributed by atoms with Crippen LogP contribution in [0.4, 0.5) is 0 Å². The molecule has 0 atom stereocenters. The average molecular weight is 269 g/mol. The van der Waals surface area contributed by atoms with E-state index in [1.165, 1.54) is 11.8 Å². The predicted molar refractivity (Wildman–Crippen MR) is 65.8 cm³/mol. The third-order valence-electron chi connectivity index (χ3n) is 1.48. The molecule has 0 aliphatic carbocycles. The van der Waals surface area contributed by atoms with Crippen molar-refractivity contribution in [1.82, 2.24) is 0 Å². The predicted octanol–water partition coefficient (Wildman–Crippen LogP) is 4.27. The van der Waals surface area contributed by atoms with Crippen LogP contribution in [0.15, 0.2) is 30.3 Å². The second kappa shape index (κ2) is 5.26. The fourth-order valence-corrected chi connectivity index (χ4v) is 1.97. The number of hydrogen-bond donors (Lipinski definition) is 1. The van der Waals surface area contributed by atoms with Crippen LogP contribution in [0.25, 0.3) is 0 Å². The molecule has 0 radical (unpaired) electrons. The van der Waals surface area contributed by atoms with E-state index >= 15 is 0 Å². The second-order valence-corrected chi connectivity index (χ2v) is 5.87. The van der Waals surface area contributed by atoms with Crippen LogP contribution in [0, 0.1) is 5.41 Å². The van der Waals surface area contributed by atoms with E-state index in [0.717, 1.165) is 5.56 Å². The Hall–Kier alpha value is 0.110. The lowest BCUT2D eigenvalue weighted by molar-refractivity contribution is 1.41. The first-order valence-electron chi connectivity index (χ1n) is 3.82. The molecule has 0 aliphatic rings. The summed E-state index contributed by atoms with van der Waals surface area (Å²) in [6.45, 7) is 0. The zero-order chi connectivity index (χ0) is 10.6. The van der Waals surface area contributed by atoms with Gasteiger partial charge in [0.25, 0.3) is 0 Å². The summed E-state index contributed by atoms with van der Waals surface area (Å²) in [6.07, 6.45) is 0. The Bertz CT molecular complexity index is 308. The highest BCUT2D eigenvalue weighted by atomic mass is 35.6. The molecule has 1 N–H and O–H groups in total. The minimum Gasteiger partial charge on any atom is -0.294 e. The van der Waals surface area contributed by atoms with Crippen LogP contribution < -0.4 is 0 Å². The van der Waals surface area contributed by atoms with Crippen LogP contribution in [0.2, 0.25) is 0 Å². The van der Waals surface area contributed by atoms with E-state index in [4.69, 9.17) is 40.2 Å². The molecule has 0 aromatic heterocycles. The highest BCUT2D eigenvalue weighted by Crippen LogP contribution is 2.33. The molecule has 5 heteroatoms. The molecular weight excluding hydrogens is 261 g/mol. The first-order valence-corrected chi connectivity index (χ1v) is 5.94. The zero-order valence-corrected chi connectivity index (χ0v) is 10.2. The summed E-state index contributed by atoms with van der Waals surface area (Å²) >= 11 is 17.8. The molecule has 0 fully saturated rings. The first-order chi connectivity index (χ1) is 6.50. The van der Waals surface area contributed by atoms with Crippen LogP contribution >= 0.6 is 46.6 Å². The first kappa shape index (κ1) is 12.2. The monoisotopic (exact) mass is 267 g/mol. The number of halogens is 3. The standard InChI is InChI=1S/C9H8Cl3NS/c10-9(11,12)8(13)14-6-7-4-2-1-3-5-7/h1-5,13H,6H2. The summed E-state index contributed by atoms with van der Waals surface area (Å²) in [5, 5.41) is 7.50. The lowest BCUT2D eigenvalue weighted by Gasteiger charge is -2.11. The topological polar surface area (TPSA) is 23.9 Å². The van der Waals surface area contributed by atoms with Crippen molar-refractivity contribution in [3.8, 4) is 0 Å². The van der Waals surface area contributed by atoms with Gasteiger partial charge >= 0.3 is 0 Å². The molecular formula is C9H8Cl3NS. The summed E-state index contributed by atoms with van der Waals surface area (Å²) in [5.41, 5.74) is 1.11. The summed E-state index contributed by atoms with van der Waals surface area (Å²) in [6, 6.07) is 9.76. The Kier molecular flexibility index (Phi) is 4.58. The molecule has 0 bridgehead atoms. The van der Waals surface area contributed by atoms with Gasteiger partial charge in [-0.1, -0.05) is 65.1 Å². The molecule has 1 aromatic rings. The minimum absolute atomic E-state index is 0.0475. The molecule has 1 rings (SSSR count). The van der Waals surface area contributed by atoms with Crippen LogP contribution in [0.5, 0.6) is 0 Å². The maximum absolute atomic E-state index is 7.46. The zero-order valence-electron chi connectivity index (χ0n) is 7.14. The molecule has 0 aliphatic heterocycles. The summed E-state index contributed by atoms with van der Waals surface area (Å²) < 4.78 is -1.60. The molecule has 0 unspecified atom stereocenters. The minimum atomic E-state index is -1.60. The van der Waals surface area contributed by atoms with E-state index in [1.807, 2.05) is 30.3 Å². The smallest absolute Gasteiger partial charge is 0.237 e. The van der Waals surface area contributed by atoms with Gasteiger partial charge in [0.1, 0.15) is 5.04 Å². The van der Waals surface area contributed by atoms with Crippen molar-refractivity contribution >= 4 is 51.6 Å². The molecule has 1 nitrogen and oxygen atoms in total. The van der Waals surface area contributed by atoms with Crippen molar-refractivity contribution in [1.29, 1.82) is 5.41 Å². The summed E-state index contributed by atoms with van der Waals surface area (Å²) in [5.74, 6) is 0.646.